The lowest BCUT2D eigenvalue weighted by molar-refractivity contribution is -0.140. The van der Waals surface area contributed by atoms with Crippen LogP contribution in [0.5, 0.6) is 0 Å². The quantitative estimate of drug-likeness (QED) is 0.639. The van der Waals surface area contributed by atoms with Gasteiger partial charge < -0.3 is 20.6 Å². The first-order valence-corrected chi connectivity index (χ1v) is 6.00. The van der Waals surface area contributed by atoms with Crippen LogP contribution in [-0.4, -0.2) is 53.6 Å². The van der Waals surface area contributed by atoms with Gasteiger partial charge in [0.2, 0.25) is 5.91 Å². The van der Waals surface area contributed by atoms with Crippen LogP contribution in [0.25, 0.3) is 0 Å². The molecule has 3 amide bonds. The van der Waals surface area contributed by atoms with Gasteiger partial charge >= 0.3 is 12.0 Å². The number of carbonyl (C=O) groups excluding carboxylic acids is 2. The van der Waals surface area contributed by atoms with Crippen molar-refractivity contribution in [3.63, 3.8) is 0 Å². The Bertz CT molecular complexity index is 345. The first kappa shape index (κ1) is 14.3. The third kappa shape index (κ3) is 3.61. The van der Waals surface area contributed by atoms with Gasteiger partial charge in [-0.2, -0.15) is 0 Å². The van der Waals surface area contributed by atoms with E-state index in [9.17, 15) is 14.4 Å². The molecular weight excluding hydrogens is 238 g/mol. The minimum Gasteiger partial charge on any atom is -0.480 e. The van der Waals surface area contributed by atoms with Crippen LogP contribution in [0.3, 0.4) is 0 Å². The highest BCUT2D eigenvalue weighted by Crippen LogP contribution is 2.08. The first-order valence-electron chi connectivity index (χ1n) is 6.00. The number of urea groups is 1. The summed E-state index contributed by atoms with van der Waals surface area (Å²) in [4.78, 5) is 35.4. The van der Waals surface area contributed by atoms with Crippen LogP contribution in [0.1, 0.15) is 20.3 Å². The molecule has 0 radical (unpaired) electrons. The Labute approximate surface area is 106 Å². The fraction of sp³-hybridized carbons (Fsp3) is 0.727. The zero-order valence-corrected chi connectivity index (χ0v) is 10.6. The van der Waals surface area contributed by atoms with E-state index in [0.29, 0.717) is 19.5 Å². The first-order chi connectivity index (χ1) is 8.45. The van der Waals surface area contributed by atoms with Crippen LogP contribution < -0.4 is 10.6 Å². The summed E-state index contributed by atoms with van der Waals surface area (Å²) in [5, 5.41) is 14.1. The van der Waals surface area contributed by atoms with E-state index in [1.54, 1.807) is 6.92 Å². The number of aliphatic carboxylic acids is 1. The smallest absolute Gasteiger partial charge is 0.326 e. The predicted octanol–water partition coefficient (Wildman–Crippen LogP) is -0.373. The van der Waals surface area contributed by atoms with Crippen LogP contribution >= 0.6 is 0 Å². The average molecular weight is 257 g/mol. The van der Waals surface area contributed by atoms with Crippen molar-refractivity contribution >= 4 is 17.9 Å². The van der Waals surface area contributed by atoms with Gasteiger partial charge in [-0.15, -0.1) is 0 Å². The van der Waals surface area contributed by atoms with E-state index in [1.165, 1.54) is 4.90 Å². The van der Waals surface area contributed by atoms with Gasteiger partial charge in [0.05, 0.1) is 0 Å². The van der Waals surface area contributed by atoms with Crippen molar-refractivity contribution in [3.8, 4) is 0 Å². The molecule has 0 spiro atoms. The van der Waals surface area contributed by atoms with Crippen LogP contribution in [0, 0.1) is 5.92 Å². The van der Waals surface area contributed by atoms with Gasteiger partial charge in [0, 0.05) is 13.1 Å². The molecule has 18 heavy (non-hydrogen) atoms. The summed E-state index contributed by atoms with van der Waals surface area (Å²) < 4.78 is 0. The van der Waals surface area contributed by atoms with Gasteiger partial charge in [0.15, 0.2) is 0 Å². The third-order valence-electron chi connectivity index (χ3n) is 3.08. The lowest BCUT2D eigenvalue weighted by atomic mass is 9.99. The molecule has 1 aliphatic rings. The Morgan fingerprint density at radius 2 is 2.22 bits per heavy atom. The summed E-state index contributed by atoms with van der Waals surface area (Å²) in [6.45, 7) is 4.39. The van der Waals surface area contributed by atoms with Crippen molar-refractivity contribution in [2.45, 2.75) is 26.3 Å². The van der Waals surface area contributed by atoms with Crippen molar-refractivity contribution < 1.29 is 19.5 Å². The molecule has 0 bridgehead atoms. The molecule has 102 valence electrons. The van der Waals surface area contributed by atoms with Crippen LogP contribution in [0.15, 0.2) is 0 Å². The molecule has 7 nitrogen and oxygen atoms in total. The van der Waals surface area contributed by atoms with E-state index in [-0.39, 0.29) is 18.4 Å². The molecule has 1 aliphatic heterocycles. The second-order valence-electron chi connectivity index (χ2n) is 4.42. The molecule has 2 atom stereocenters. The van der Waals surface area contributed by atoms with E-state index in [4.69, 9.17) is 5.11 Å². The minimum absolute atomic E-state index is 0.0291. The fourth-order valence-electron chi connectivity index (χ4n) is 1.72. The fourth-order valence-corrected chi connectivity index (χ4v) is 1.72. The highest BCUT2D eigenvalue weighted by molar-refractivity contribution is 5.87. The molecular formula is C11H19N3O4. The second-order valence-corrected chi connectivity index (χ2v) is 4.42. The van der Waals surface area contributed by atoms with Gasteiger partial charge in [-0.1, -0.05) is 20.3 Å². The van der Waals surface area contributed by atoms with Crippen molar-refractivity contribution in [2.24, 2.45) is 5.92 Å². The summed E-state index contributed by atoms with van der Waals surface area (Å²) in [5.41, 5.74) is 0. The number of hydrogen-bond acceptors (Lipinski definition) is 3. The third-order valence-corrected chi connectivity index (χ3v) is 3.08. The largest absolute Gasteiger partial charge is 0.480 e. The maximum absolute atomic E-state index is 11.9. The van der Waals surface area contributed by atoms with Crippen molar-refractivity contribution in [3.05, 3.63) is 0 Å². The van der Waals surface area contributed by atoms with E-state index in [1.807, 2.05) is 6.92 Å². The Balaban J connectivity index is 2.60. The lowest BCUT2D eigenvalue weighted by Gasteiger charge is -2.29. The van der Waals surface area contributed by atoms with E-state index < -0.39 is 18.0 Å². The Morgan fingerprint density at radius 3 is 2.72 bits per heavy atom. The van der Waals surface area contributed by atoms with Gasteiger partial charge in [0.25, 0.3) is 0 Å². The van der Waals surface area contributed by atoms with Crippen LogP contribution in [0.2, 0.25) is 0 Å². The summed E-state index contributed by atoms with van der Waals surface area (Å²) in [5.74, 6) is -1.45. The monoisotopic (exact) mass is 257 g/mol. The van der Waals surface area contributed by atoms with Gasteiger partial charge in [-0.3, -0.25) is 4.79 Å². The molecule has 0 aromatic heterocycles. The number of piperazine rings is 1. The molecule has 0 aromatic carbocycles. The van der Waals surface area contributed by atoms with Crippen LogP contribution in [0.4, 0.5) is 4.79 Å². The molecule has 7 heteroatoms. The van der Waals surface area contributed by atoms with Crippen molar-refractivity contribution in [2.75, 3.05) is 19.6 Å². The van der Waals surface area contributed by atoms with E-state index in [2.05, 4.69) is 10.6 Å². The van der Waals surface area contributed by atoms with Crippen LogP contribution in [-0.2, 0) is 9.59 Å². The lowest BCUT2D eigenvalue weighted by Crippen LogP contribution is -2.56. The maximum atomic E-state index is 11.9. The average Bonchev–Trinajstić information content (AvgIpc) is 2.34. The molecule has 0 aromatic rings. The molecule has 0 saturated carbocycles. The number of nitrogens with one attached hydrogen (secondary N) is 2. The topological polar surface area (TPSA) is 98.7 Å². The molecule has 0 unspecified atom stereocenters. The molecule has 1 fully saturated rings. The zero-order valence-electron chi connectivity index (χ0n) is 10.6. The number of rotatable bonds is 4. The summed E-state index contributed by atoms with van der Waals surface area (Å²) >= 11 is 0. The predicted molar refractivity (Wildman–Crippen MR) is 64.0 cm³/mol. The number of amides is 3. The number of hydrogen-bond donors (Lipinski definition) is 3. The highest BCUT2D eigenvalue weighted by Gasteiger charge is 2.29. The maximum Gasteiger partial charge on any atom is 0.326 e. The van der Waals surface area contributed by atoms with E-state index in [0.717, 1.165) is 0 Å². The molecule has 1 rings (SSSR count). The Kier molecular flexibility index (Phi) is 4.94. The minimum atomic E-state index is -1.06. The number of carboxylic acids is 1. The summed E-state index contributed by atoms with van der Waals surface area (Å²) in [7, 11) is 0. The van der Waals surface area contributed by atoms with Gasteiger partial charge in [-0.25, -0.2) is 9.59 Å². The normalized spacial score (nSPS) is 18.8. The Hall–Kier alpha value is -1.79. The van der Waals surface area contributed by atoms with Gasteiger partial charge in [-0.05, 0) is 5.92 Å². The Morgan fingerprint density at radius 1 is 1.56 bits per heavy atom. The summed E-state index contributed by atoms with van der Waals surface area (Å²) in [6, 6.07) is -1.43. The number of carboxylic acid groups (broad SMARTS) is 1. The zero-order chi connectivity index (χ0) is 13.7. The highest BCUT2D eigenvalue weighted by atomic mass is 16.4. The van der Waals surface area contributed by atoms with E-state index >= 15 is 0 Å². The van der Waals surface area contributed by atoms with Crippen molar-refractivity contribution in [1.82, 2.24) is 15.5 Å². The SMILES string of the molecule is CC[C@H](C)[C@H](NC(=O)N1CCNC(=O)C1)C(=O)O. The molecule has 1 heterocycles. The van der Waals surface area contributed by atoms with Crippen molar-refractivity contribution in [1.29, 1.82) is 0 Å². The number of carbonyl (C=O) groups is 3. The molecule has 1 saturated heterocycles. The second kappa shape index (κ2) is 6.23. The van der Waals surface area contributed by atoms with Gasteiger partial charge in [0.1, 0.15) is 12.6 Å². The number of nitrogens with zero attached hydrogens (tertiary/aromatic N) is 1. The molecule has 3 N–H and O–H groups in total. The molecule has 0 aliphatic carbocycles. The standard InChI is InChI=1S/C11H19N3O4/c1-3-7(2)9(10(16)17)13-11(18)14-5-4-12-8(15)6-14/h7,9H,3-6H2,1-2H3,(H,12,15)(H,13,18)(H,16,17)/t7-,9-/m0/s1. The summed E-state index contributed by atoms with van der Waals surface area (Å²) in [6.07, 6.45) is 0.651.